The molecule has 0 aromatic heterocycles. The molecular weight excluding hydrogens is 397 g/mol. The van der Waals surface area contributed by atoms with E-state index < -0.39 is 0 Å². The minimum Gasteiger partial charge on any atom is -0.385 e. The molecular formula is C21H35Cl2N3O2. The molecule has 1 atom stereocenters. The standard InChI is InChI=1S/C21H33N3O2.2ClH/c1-17-4-6-18(7-5-17)15-24(12-3-13-26-2)20(25)19-14-21(16-23-19)8-10-22-11-9-21;;/h4-7,19,22-23H,3,8-16H2,1-2H3;2*1H. The van der Waals surface area contributed by atoms with Gasteiger partial charge in [-0.05, 0) is 56.7 Å². The quantitative estimate of drug-likeness (QED) is 0.651. The van der Waals surface area contributed by atoms with Crippen LogP contribution in [0.5, 0.6) is 0 Å². The van der Waals surface area contributed by atoms with E-state index in [1.54, 1.807) is 7.11 Å². The lowest BCUT2D eigenvalue weighted by atomic mass is 9.77. The summed E-state index contributed by atoms with van der Waals surface area (Å²) in [5.74, 6) is 0.247. The van der Waals surface area contributed by atoms with Gasteiger partial charge >= 0.3 is 0 Å². The number of amides is 1. The molecule has 2 saturated heterocycles. The van der Waals surface area contributed by atoms with Gasteiger partial charge in [0.1, 0.15) is 0 Å². The van der Waals surface area contributed by atoms with Crippen molar-refractivity contribution in [2.75, 3.05) is 39.9 Å². The van der Waals surface area contributed by atoms with Gasteiger partial charge in [-0.1, -0.05) is 29.8 Å². The van der Waals surface area contributed by atoms with Crippen LogP contribution in [-0.4, -0.2) is 56.7 Å². The molecule has 2 heterocycles. The van der Waals surface area contributed by atoms with Crippen molar-refractivity contribution in [3.8, 4) is 0 Å². The van der Waals surface area contributed by atoms with E-state index in [1.165, 1.54) is 24.0 Å². The number of benzene rings is 1. The summed E-state index contributed by atoms with van der Waals surface area (Å²) in [4.78, 5) is 15.3. The summed E-state index contributed by atoms with van der Waals surface area (Å²) in [6.45, 7) is 7.31. The number of hydrogen-bond acceptors (Lipinski definition) is 4. The molecule has 5 nitrogen and oxygen atoms in total. The summed E-state index contributed by atoms with van der Waals surface area (Å²) in [6.07, 6.45) is 4.19. The molecule has 2 aliphatic heterocycles. The Bertz CT molecular complexity index is 592. The lowest BCUT2D eigenvalue weighted by Crippen LogP contribution is -2.44. The van der Waals surface area contributed by atoms with Crippen molar-refractivity contribution in [3.63, 3.8) is 0 Å². The Morgan fingerprint density at radius 3 is 2.54 bits per heavy atom. The largest absolute Gasteiger partial charge is 0.385 e. The van der Waals surface area contributed by atoms with Gasteiger partial charge in [0, 0.05) is 33.4 Å². The Kier molecular flexibility index (Phi) is 10.8. The third-order valence-electron chi connectivity index (χ3n) is 5.91. The van der Waals surface area contributed by atoms with Crippen LogP contribution in [0.15, 0.2) is 24.3 Å². The van der Waals surface area contributed by atoms with Gasteiger partial charge in [0.15, 0.2) is 0 Å². The van der Waals surface area contributed by atoms with Crippen LogP contribution in [0.3, 0.4) is 0 Å². The first-order chi connectivity index (χ1) is 12.6. The Balaban J connectivity index is 0.00000196. The number of hydrogen-bond donors (Lipinski definition) is 2. The Morgan fingerprint density at radius 2 is 1.89 bits per heavy atom. The zero-order valence-corrected chi connectivity index (χ0v) is 18.7. The number of nitrogens with one attached hydrogen (secondary N) is 2. The van der Waals surface area contributed by atoms with Crippen molar-refractivity contribution < 1.29 is 9.53 Å². The first kappa shape index (κ1) is 25.2. The van der Waals surface area contributed by atoms with Crippen molar-refractivity contribution in [2.24, 2.45) is 5.41 Å². The van der Waals surface area contributed by atoms with Crippen LogP contribution >= 0.6 is 24.8 Å². The number of ether oxygens (including phenoxy) is 1. The predicted octanol–water partition coefficient (Wildman–Crippen LogP) is 2.94. The fraction of sp³-hybridized carbons (Fsp3) is 0.667. The van der Waals surface area contributed by atoms with Gasteiger partial charge in [-0.2, -0.15) is 0 Å². The molecule has 7 heteroatoms. The van der Waals surface area contributed by atoms with Gasteiger partial charge in [-0.25, -0.2) is 0 Å². The van der Waals surface area contributed by atoms with Gasteiger partial charge in [0.05, 0.1) is 6.04 Å². The normalized spacial score (nSPS) is 20.3. The van der Waals surface area contributed by atoms with Crippen LogP contribution in [0.1, 0.15) is 36.8 Å². The molecule has 1 aromatic carbocycles. The number of aryl methyl sites for hydroxylation is 1. The van der Waals surface area contributed by atoms with E-state index >= 15 is 0 Å². The fourth-order valence-corrected chi connectivity index (χ4v) is 4.23. The van der Waals surface area contributed by atoms with E-state index in [9.17, 15) is 4.79 Å². The maximum atomic E-state index is 13.2. The number of carbonyl (C=O) groups excluding carboxylic acids is 1. The fourth-order valence-electron chi connectivity index (χ4n) is 4.23. The number of piperidine rings is 1. The van der Waals surface area contributed by atoms with Crippen molar-refractivity contribution in [3.05, 3.63) is 35.4 Å². The molecule has 3 rings (SSSR count). The summed E-state index contributed by atoms with van der Waals surface area (Å²) >= 11 is 0. The summed E-state index contributed by atoms with van der Waals surface area (Å²) in [6, 6.07) is 8.45. The number of carbonyl (C=O) groups is 1. The van der Waals surface area contributed by atoms with Crippen molar-refractivity contribution in [1.29, 1.82) is 0 Å². The molecule has 0 bridgehead atoms. The van der Waals surface area contributed by atoms with Crippen LogP contribution in [0, 0.1) is 12.3 Å². The third-order valence-corrected chi connectivity index (χ3v) is 5.91. The summed E-state index contributed by atoms with van der Waals surface area (Å²) in [5, 5.41) is 6.97. The molecule has 1 spiro atoms. The molecule has 1 aromatic rings. The topological polar surface area (TPSA) is 53.6 Å². The number of methoxy groups -OCH3 is 1. The van der Waals surface area contributed by atoms with Crippen LogP contribution in [0.25, 0.3) is 0 Å². The van der Waals surface area contributed by atoms with Gasteiger partial charge in [0.2, 0.25) is 5.91 Å². The maximum Gasteiger partial charge on any atom is 0.240 e. The zero-order valence-electron chi connectivity index (χ0n) is 17.0. The average molecular weight is 432 g/mol. The highest BCUT2D eigenvalue weighted by molar-refractivity contribution is 5.85. The highest BCUT2D eigenvalue weighted by atomic mass is 35.5. The smallest absolute Gasteiger partial charge is 0.240 e. The highest BCUT2D eigenvalue weighted by Gasteiger charge is 2.43. The minimum atomic E-state index is -0.0407. The highest BCUT2D eigenvalue weighted by Crippen LogP contribution is 2.37. The number of rotatable bonds is 7. The first-order valence-corrected chi connectivity index (χ1v) is 9.89. The van der Waals surface area contributed by atoms with Crippen LogP contribution < -0.4 is 10.6 Å². The molecule has 1 unspecified atom stereocenters. The molecule has 2 aliphatic rings. The molecule has 160 valence electrons. The number of nitrogens with zero attached hydrogens (tertiary/aromatic N) is 1. The van der Waals surface area contributed by atoms with Gasteiger partial charge in [-0.15, -0.1) is 24.8 Å². The molecule has 1 amide bonds. The van der Waals surface area contributed by atoms with Crippen LogP contribution in [0.2, 0.25) is 0 Å². The van der Waals surface area contributed by atoms with E-state index in [2.05, 4.69) is 41.8 Å². The molecule has 0 aliphatic carbocycles. The Hall–Kier alpha value is -0.850. The second-order valence-electron chi connectivity index (χ2n) is 7.98. The molecule has 0 radical (unpaired) electrons. The van der Waals surface area contributed by atoms with E-state index in [-0.39, 0.29) is 36.8 Å². The SMILES string of the molecule is COCCCN(Cc1ccc(C)cc1)C(=O)C1CC2(CCNCC2)CN1.Cl.Cl. The predicted molar refractivity (Wildman–Crippen MR) is 119 cm³/mol. The summed E-state index contributed by atoms with van der Waals surface area (Å²) < 4.78 is 5.19. The van der Waals surface area contributed by atoms with E-state index in [1.807, 2.05) is 4.90 Å². The second kappa shape index (κ2) is 12.0. The molecule has 0 saturated carbocycles. The second-order valence-corrected chi connectivity index (χ2v) is 7.98. The van der Waals surface area contributed by atoms with E-state index in [0.717, 1.165) is 39.0 Å². The van der Waals surface area contributed by atoms with E-state index in [4.69, 9.17) is 4.74 Å². The van der Waals surface area contributed by atoms with Gasteiger partial charge in [0.25, 0.3) is 0 Å². The zero-order chi connectivity index (χ0) is 18.4. The summed E-state index contributed by atoms with van der Waals surface area (Å²) in [7, 11) is 1.71. The Morgan fingerprint density at radius 1 is 1.21 bits per heavy atom. The molecule has 2 N–H and O–H groups in total. The Labute approximate surface area is 181 Å². The van der Waals surface area contributed by atoms with Crippen molar-refractivity contribution in [2.45, 2.75) is 45.2 Å². The number of halogens is 2. The third kappa shape index (κ3) is 6.60. The van der Waals surface area contributed by atoms with Crippen LogP contribution in [0.4, 0.5) is 0 Å². The lowest BCUT2D eigenvalue weighted by Gasteiger charge is -2.33. The average Bonchev–Trinajstić information content (AvgIpc) is 3.06. The summed E-state index contributed by atoms with van der Waals surface area (Å²) in [5.41, 5.74) is 2.75. The molecule has 2 fully saturated rings. The van der Waals surface area contributed by atoms with Crippen LogP contribution in [-0.2, 0) is 16.1 Å². The van der Waals surface area contributed by atoms with Crippen molar-refractivity contribution in [1.82, 2.24) is 15.5 Å². The molecule has 28 heavy (non-hydrogen) atoms. The maximum absolute atomic E-state index is 13.2. The van der Waals surface area contributed by atoms with Crippen molar-refractivity contribution >= 4 is 30.7 Å². The first-order valence-electron chi connectivity index (χ1n) is 9.89. The minimum absolute atomic E-state index is 0. The van der Waals surface area contributed by atoms with Gasteiger partial charge < -0.3 is 20.3 Å². The van der Waals surface area contributed by atoms with Gasteiger partial charge in [-0.3, -0.25) is 4.79 Å². The lowest BCUT2D eigenvalue weighted by molar-refractivity contribution is -0.134. The van der Waals surface area contributed by atoms with E-state index in [0.29, 0.717) is 18.6 Å². The monoisotopic (exact) mass is 431 g/mol.